The summed E-state index contributed by atoms with van der Waals surface area (Å²) in [7, 11) is 0. The average Bonchev–Trinajstić information content (AvgIpc) is 3.46. The Balaban J connectivity index is 1.29. The number of nitrogens with zero attached hydrogens (tertiary/aromatic N) is 5. The standard InChI is InChI=1S/C22H16N6O2S/c1-14-23-20(28-10-2-3-11-28)13-21(24-14)30-17-7-5-16(6-8-17)25-22(29)15-4-9-18-19(12-15)27-31-26-18/h2-13H,1H3,(H,25,29). The first-order chi connectivity index (χ1) is 15.1. The van der Waals surface area contributed by atoms with E-state index in [0.29, 0.717) is 34.2 Å². The number of aryl methyl sites for hydroxylation is 1. The second-order valence-corrected chi connectivity index (χ2v) is 7.28. The van der Waals surface area contributed by atoms with Crippen LogP contribution in [-0.4, -0.2) is 29.2 Å². The molecule has 2 aromatic carbocycles. The molecule has 3 heterocycles. The van der Waals surface area contributed by atoms with Crippen molar-refractivity contribution >= 4 is 34.4 Å². The molecule has 9 heteroatoms. The highest BCUT2D eigenvalue weighted by molar-refractivity contribution is 7.00. The van der Waals surface area contributed by atoms with E-state index in [0.717, 1.165) is 23.1 Å². The van der Waals surface area contributed by atoms with E-state index < -0.39 is 0 Å². The maximum Gasteiger partial charge on any atom is 0.255 e. The van der Waals surface area contributed by atoms with Gasteiger partial charge in [0.1, 0.15) is 28.4 Å². The number of aromatic nitrogens is 5. The lowest BCUT2D eigenvalue weighted by atomic mass is 10.2. The highest BCUT2D eigenvalue weighted by Gasteiger charge is 2.10. The monoisotopic (exact) mass is 428 g/mol. The Labute approximate surface area is 181 Å². The van der Waals surface area contributed by atoms with E-state index >= 15 is 0 Å². The van der Waals surface area contributed by atoms with Crippen LogP contribution in [0.1, 0.15) is 16.2 Å². The minimum Gasteiger partial charge on any atom is -0.439 e. The van der Waals surface area contributed by atoms with Crippen LogP contribution in [-0.2, 0) is 0 Å². The lowest BCUT2D eigenvalue weighted by Crippen LogP contribution is -2.11. The summed E-state index contributed by atoms with van der Waals surface area (Å²) in [6, 6.07) is 18.0. The van der Waals surface area contributed by atoms with Crippen molar-refractivity contribution in [1.82, 2.24) is 23.3 Å². The van der Waals surface area contributed by atoms with Crippen molar-refractivity contribution in [2.24, 2.45) is 0 Å². The molecule has 0 spiro atoms. The molecule has 0 fully saturated rings. The second-order valence-electron chi connectivity index (χ2n) is 6.75. The topological polar surface area (TPSA) is 94.8 Å². The van der Waals surface area contributed by atoms with Gasteiger partial charge in [-0.2, -0.15) is 13.7 Å². The van der Waals surface area contributed by atoms with Crippen LogP contribution >= 0.6 is 11.7 Å². The zero-order chi connectivity index (χ0) is 21.2. The van der Waals surface area contributed by atoms with Crippen molar-refractivity contribution in [3.05, 3.63) is 84.4 Å². The summed E-state index contributed by atoms with van der Waals surface area (Å²) in [4.78, 5) is 21.3. The highest BCUT2D eigenvalue weighted by atomic mass is 32.1. The van der Waals surface area contributed by atoms with Gasteiger partial charge >= 0.3 is 0 Å². The van der Waals surface area contributed by atoms with Gasteiger partial charge in [0.25, 0.3) is 5.91 Å². The Hall–Kier alpha value is -4.11. The number of fused-ring (bicyclic) bond motifs is 1. The Morgan fingerprint density at radius 2 is 1.74 bits per heavy atom. The fourth-order valence-electron chi connectivity index (χ4n) is 3.05. The van der Waals surface area contributed by atoms with Crippen LogP contribution < -0.4 is 10.1 Å². The number of hydrogen-bond donors (Lipinski definition) is 1. The van der Waals surface area contributed by atoms with Gasteiger partial charge in [-0.05, 0) is 61.5 Å². The van der Waals surface area contributed by atoms with Crippen LogP contribution in [0.4, 0.5) is 5.69 Å². The molecule has 1 amide bonds. The van der Waals surface area contributed by atoms with E-state index in [2.05, 4.69) is 24.0 Å². The van der Waals surface area contributed by atoms with Crippen LogP contribution in [0.25, 0.3) is 16.9 Å². The molecular formula is C22H16N6O2S. The molecule has 1 N–H and O–H groups in total. The Morgan fingerprint density at radius 1 is 0.968 bits per heavy atom. The SMILES string of the molecule is Cc1nc(Oc2ccc(NC(=O)c3ccc4nsnc4c3)cc2)cc(-n2cccc2)n1. The zero-order valence-electron chi connectivity index (χ0n) is 16.4. The molecule has 0 saturated carbocycles. The molecule has 0 bridgehead atoms. The highest BCUT2D eigenvalue weighted by Crippen LogP contribution is 2.24. The third-order valence-electron chi connectivity index (χ3n) is 4.52. The van der Waals surface area contributed by atoms with E-state index in [9.17, 15) is 4.79 Å². The van der Waals surface area contributed by atoms with Gasteiger partial charge in [0, 0.05) is 29.7 Å². The summed E-state index contributed by atoms with van der Waals surface area (Å²) >= 11 is 1.12. The Kier molecular flexibility index (Phi) is 4.85. The zero-order valence-corrected chi connectivity index (χ0v) is 17.2. The summed E-state index contributed by atoms with van der Waals surface area (Å²) in [5, 5.41) is 2.87. The number of ether oxygens (including phenoxy) is 1. The fraction of sp³-hybridized carbons (Fsp3) is 0.0455. The van der Waals surface area contributed by atoms with E-state index in [1.165, 1.54) is 0 Å². The molecular weight excluding hydrogens is 412 g/mol. The largest absolute Gasteiger partial charge is 0.439 e. The molecule has 5 rings (SSSR count). The smallest absolute Gasteiger partial charge is 0.255 e. The summed E-state index contributed by atoms with van der Waals surface area (Å²) in [6.45, 7) is 1.82. The number of carbonyl (C=O) groups is 1. The van der Waals surface area contributed by atoms with Crippen LogP contribution in [0.3, 0.4) is 0 Å². The number of amides is 1. The second kappa shape index (κ2) is 7.96. The first-order valence-corrected chi connectivity index (χ1v) is 10.2. The first-order valence-electron chi connectivity index (χ1n) is 9.45. The summed E-state index contributed by atoms with van der Waals surface area (Å²) in [5.74, 6) is 2.16. The minimum atomic E-state index is -0.216. The normalized spacial score (nSPS) is 10.9. The molecule has 5 aromatic rings. The first kappa shape index (κ1) is 18.9. The lowest BCUT2D eigenvalue weighted by molar-refractivity contribution is 0.102. The third kappa shape index (κ3) is 4.12. The Morgan fingerprint density at radius 3 is 2.55 bits per heavy atom. The molecule has 0 aliphatic rings. The summed E-state index contributed by atoms with van der Waals surface area (Å²) in [6.07, 6.45) is 3.82. The maximum absolute atomic E-state index is 12.5. The van der Waals surface area contributed by atoms with Crippen LogP contribution in [0, 0.1) is 6.92 Å². The molecule has 0 unspecified atom stereocenters. The van der Waals surface area contributed by atoms with Crippen molar-refractivity contribution in [1.29, 1.82) is 0 Å². The molecule has 152 valence electrons. The number of anilines is 1. The van der Waals surface area contributed by atoms with Crippen molar-refractivity contribution < 1.29 is 9.53 Å². The van der Waals surface area contributed by atoms with Crippen LogP contribution in [0.5, 0.6) is 11.6 Å². The predicted octanol–water partition coefficient (Wildman–Crippen LogP) is 4.63. The molecule has 3 aromatic heterocycles. The van der Waals surface area contributed by atoms with Gasteiger partial charge < -0.3 is 14.6 Å². The van der Waals surface area contributed by atoms with Gasteiger partial charge in [-0.25, -0.2) is 4.98 Å². The van der Waals surface area contributed by atoms with Gasteiger partial charge in [0.2, 0.25) is 5.88 Å². The Bertz CT molecular complexity index is 1360. The summed E-state index contributed by atoms with van der Waals surface area (Å²) < 4.78 is 16.1. The predicted molar refractivity (Wildman–Crippen MR) is 118 cm³/mol. The van der Waals surface area contributed by atoms with Crippen LogP contribution in [0.15, 0.2) is 73.1 Å². The van der Waals surface area contributed by atoms with Crippen molar-refractivity contribution in [2.45, 2.75) is 6.92 Å². The molecule has 0 aliphatic heterocycles. The maximum atomic E-state index is 12.5. The number of carbonyl (C=O) groups excluding carboxylic acids is 1. The number of benzene rings is 2. The van der Waals surface area contributed by atoms with Gasteiger partial charge in [0.15, 0.2) is 0 Å². The number of rotatable bonds is 5. The van der Waals surface area contributed by atoms with Gasteiger partial charge in [0.05, 0.1) is 11.7 Å². The average molecular weight is 428 g/mol. The van der Waals surface area contributed by atoms with Gasteiger partial charge in [-0.15, -0.1) is 0 Å². The lowest BCUT2D eigenvalue weighted by Gasteiger charge is -2.10. The van der Waals surface area contributed by atoms with Crippen LogP contribution in [0.2, 0.25) is 0 Å². The van der Waals surface area contributed by atoms with Gasteiger partial charge in [-0.1, -0.05) is 0 Å². The van der Waals surface area contributed by atoms with E-state index in [-0.39, 0.29) is 5.91 Å². The van der Waals surface area contributed by atoms with E-state index in [1.807, 2.05) is 36.0 Å². The quantitative estimate of drug-likeness (QED) is 0.439. The van der Waals surface area contributed by atoms with E-state index in [4.69, 9.17) is 4.74 Å². The van der Waals surface area contributed by atoms with Gasteiger partial charge in [-0.3, -0.25) is 4.79 Å². The molecule has 0 saturated heterocycles. The van der Waals surface area contributed by atoms with E-state index in [1.54, 1.807) is 48.5 Å². The molecule has 0 atom stereocenters. The molecule has 0 aliphatic carbocycles. The molecule has 8 nitrogen and oxygen atoms in total. The molecule has 31 heavy (non-hydrogen) atoms. The van der Waals surface area contributed by atoms with Crippen molar-refractivity contribution in [3.63, 3.8) is 0 Å². The van der Waals surface area contributed by atoms with Crippen molar-refractivity contribution in [3.8, 4) is 17.4 Å². The number of nitrogens with one attached hydrogen (secondary N) is 1. The van der Waals surface area contributed by atoms with Crippen molar-refractivity contribution in [2.75, 3.05) is 5.32 Å². The third-order valence-corrected chi connectivity index (χ3v) is 5.08. The molecule has 0 radical (unpaired) electrons. The fourth-order valence-corrected chi connectivity index (χ4v) is 3.57. The number of hydrogen-bond acceptors (Lipinski definition) is 7. The summed E-state index contributed by atoms with van der Waals surface area (Å²) in [5.41, 5.74) is 2.67. The minimum absolute atomic E-state index is 0.216.